The van der Waals surface area contributed by atoms with Crippen LogP contribution in [0.2, 0.25) is 13.1 Å². The van der Waals surface area contributed by atoms with Gasteiger partial charge in [-0.1, -0.05) is 60.7 Å². The number of hydrogen-bond donors (Lipinski definition) is 0. The van der Waals surface area contributed by atoms with Crippen LogP contribution in [0.5, 0.6) is 0 Å². The van der Waals surface area contributed by atoms with Gasteiger partial charge in [0, 0.05) is 24.2 Å². The third kappa shape index (κ3) is 4.88. The molecule has 0 aromatic heterocycles. The molecule has 0 bridgehead atoms. The van der Waals surface area contributed by atoms with Crippen molar-refractivity contribution in [3.8, 4) is 0 Å². The molecule has 0 N–H and O–H groups in total. The van der Waals surface area contributed by atoms with Crippen molar-refractivity contribution < 1.29 is 22.6 Å². The van der Waals surface area contributed by atoms with Crippen molar-refractivity contribution in [1.82, 2.24) is 0 Å². The summed E-state index contributed by atoms with van der Waals surface area (Å²) in [5.74, 6) is -0.851. The van der Waals surface area contributed by atoms with Gasteiger partial charge in [-0.25, -0.2) is 0 Å². The van der Waals surface area contributed by atoms with Crippen LogP contribution >= 0.6 is 0 Å². The van der Waals surface area contributed by atoms with Crippen molar-refractivity contribution in [2.24, 2.45) is 0 Å². The van der Waals surface area contributed by atoms with E-state index in [2.05, 4.69) is 0 Å². The molecule has 2 aromatic carbocycles. The minimum Gasteiger partial charge on any atom is -0.491 e. The van der Waals surface area contributed by atoms with Gasteiger partial charge in [-0.15, -0.1) is 0 Å². The quantitative estimate of drug-likeness (QED) is 0.725. The largest absolute Gasteiger partial charge is 0.491 e. The van der Waals surface area contributed by atoms with Crippen LogP contribution in [0.25, 0.3) is 0 Å². The molecule has 0 aliphatic carbocycles. The zero-order chi connectivity index (χ0) is 18.5. The van der Waals surface area contributed by atoms with Gasteiger partial charge in [0.2, 0.25) is 0 Å². The molecule has 0 heterocycles. The SMILES string of the molecule is CC(=O)O[Si](C)(O[Si](C)(OC(C)=O)c1ccccc1)c1ccccc1. The predicted octanol–water partition coefficient (Wildman–Crippen LogP) is 2.09. The lowest BCUT2D eigenvalue weighted by Crippen LogP contribution is -2.64. The summed E-state index contributed by atoms with van der Waals surface area (Å²) in [6.07, 6.45) is 0. The first-order valence-electron chi connectivity index (χ1n) is 7.95. The lowest BCUT2D eigenvalue weighted by Gasteiger charge is -2.35. The average molecular weight is 375 g/mol. The molecule has 2 rings (SSSR count). The zero-order valence-electron chi connectivity index (χ0n) is 14.8. The van der Waals surface area contributed by atoms with E-state index in [1.54, 1.807) is 13.1 Å². The normalized spacial score (nSPS) is 15.5. The Morgan fingerprint density at radius 1 is 0.680 bits per heavy atom. The topological polar surface area (TPSA) is 61.8 Å². The van der Waals surface area contributed by atoms with Gasteiger partial charge >= 0.3 is 17.1 Å². The number of benzene rings is 2. The van der Waals surface area contributed by atoms with E-state index in [1.165, 1.54) is 13.8 Å². The Labute approximate surface area is 150 Å². The fraction of sp³-hybridized carbons (Fsp3) is 0.222. The van der Waals surface area contributed by atoms with Crippen LogP contribution in [-0.4, -0.2) is 29.1 Å². The third-order valence-electron chi connectivity index (χ3n) is 3.66. The molecule has 132 valence electrons. The van der Waals surface area contributed by atoms with E-state index < -0.39 is 29.1 Å². The van der Waals surface area contributed by atoms with Crippen molar-refractivity contribution in [2.75, 3.05) is 0 Å². The zero-order valence-corrected chi connectivity index (χ0v) is 16.8. The number of hydrogen-bond acceptors (Lipinski definition) is 5. The minimum absolute atomic E-state index is 0.426. The predicted molar refractivity (Wildman–Crippen MR) is 100 cm³/mol. The summed E-state index contributed by atoms with van der Waals surface area (Å²) in [4.78, 5) is 23.4. The standard InChI is InChI=1S/C18H22O5Si2/c1-15(19)21-24(3,17-11-7-5-8-12-17)23-25(4,22-16(2)20)18-13-9-6-10-14-18/h5-14H,1-4H3. The smallest absolute Gasteiger partial charge is 0.424 e. The molecule has 0 spiro atoms. The fourth-order valence-electron chi connectivity index (χ4n) is 2.68. The van der Waals surface area contributed by atoms with E-state index in [9.17, 15) is 9.59 Å². The van der Waals surface area contributed by atoms with Crippen molar-refractivity contribution in [2.45, 2.75) is 26.9 Å². The average Bonchev–Trinajstić information content (AvgIpc) is 2.55. The molecule has 0 fully saturated rings. The molecular formula is C18H22O5Si2. The first-order valence-corrected chi connectivity index (χ1v) is 12.6. The molecule has 7 heteroatoms. The third-order valence-corrected chi connectivity index (χ3v) is 10.9. The summed E-state index contributed by atoms with van der Waals surface area (Å²) >= 11 is 0. The van der Waals surface area contributed by atoms with Gasteiger partial charge in [-0.3, -0.25) is 9.59 Å². The van der Waals surface area contributed by atoms with Gasteiger partial charge in [-0.2, -0.15) is 0 Å². The van der Waals surface area contributed by atoms with Gasteiger partial charge in [0.05, 0.1) is 0 Å². The number of carbonyl (C=O) groups is 2. The summed E-state index contributed by atoms with van der Waals surface area (Å²) in [6, 6.07) is 18.7. The Morgan fingerprint density at radius 2 is 1.00 bits per heavy atom. The summed E-state index contributed by atoms with van der Waals surface area (Å²) in [6.45, 7) is 6.29. The van der Waals surface area contributed by atoms with E-state index in [-0.39, 0.29) is 0 Å². The molecule has 0 radical (unpaired) electrons. The van der Waals surface area contributed by atoms with Crippen LogP contribution in [0.1, 0.15) is 13.8 Å². The highest BCUT2D eigenvalue weighted by atomic mass is 28.5. The second-order valence-electron chi connectivity index (χ2n) is 5.91. The van der Waals surface area contributed by atoms with E-state index in [0.717, 1.165) is 10.4 Å². The second-order valence-corrected chi connectivity index (χ2v) is 12.1. The maximum Gasteiger partial charge on any atom is 0.424 e. The van der Waals surface area contributed by atoms with Crippen LogP contribution < -0.4 is 10.4 Å². The van der Waals surface area contributed by atoms with Crippen molar-refractivity contribution in [3.05, 3.63) is 60.7 Å². The molecule has 2 unspecified atom stereocenters. The number of rotatable bonds is 6. The Bertz CT molecular complexity index is 674. The highest BCUT2D eigenvalue weighted by Gasteiger charge is 2.49. The molecule has 25 heavy (non-hydrogen) atoms. The van der Waals surface area contributed by atoms with Gasteiger partial charge in [0.15, 0.2) is 0 Å². The molecule has 2 aromatic rings. The van der Waals surface area contributed by atoms with Crippen molar-refractivity contribution in [3.63, 3.8) is 0 Å². The highest BCUT2D eigenvalue weighted by Crippen LogP contribution is 2.18. The summed E-state index contributed by atoms with van der Waals surface area (Å²) in [7, 11) is -6.28. The van der Waals surface area contributed by atoms with Crippen LogP contribution in [0, 0.1) is 0 Å². The van der Waals surface area contributed by atoms with Gasteiger partial charge < -0.3 is 13.0 Å². The molecule has 2 atom stereocenters. The second kappa shape index (κ2) is 7.77. The van der Waals surface area contributed by atoms with Crippen molar-refractivity contribution >= 4 is 39.4 Å². The molecule has 0 saturated carbocycles. The molecule has 5 nitrogen and oxygen atoms in total. The molecule has 0 amide bonds. The Balaban J connectivity index is 2.49. The van der Waals surface area contributed by atoms with Crippen LogP contribution in [0.4, 0.5) is 0 Å². The maximum atomic E-state index is 11.7. The highest BCUT2D eigenvalue weighted by molar-refractivity contribution is 6.93. The Kier molecular flexibility index (Phi) is 5.94. The van der Waals surface area contributed by atoms with Crippen LogP contribution in [0.3, 0.4) is 0 Å². The first-order chi connectivity index (χ1) is 11.8. The van der Waals surface area contributed by atoms with E-state index in [4.69, 9.17) is 13.0 Å². The fourth-order valence-corrected chi connectivity index (χ4v) is 9.86. The van der Waals surface area contributed by atoms with E-state index >= 15 is 0 Å². The lowest BCUT2D eigenvalue weighted by atomic mass is 10.4. The first kappa shape index (κ1) is 19.1. The lowest BCUT2D eigenvalue weighted by molar-refractivity contribution is -0.133. The Hall–Kier alpha value is -2.23. The minimum atomic E-state index is -3.14. The van der Waals surface area contributed by atoms with Crippen LogP contribution in [-0.2, 0) is 22.6 Å². The van der Waals surface area contributed by atoms with Crippen LogP contribution in [0.15, 0.2) is 60.7 Å². The summed E-state index contributed by atoms with van der Waals surface area (Å²) in [5, 5.41) is 1.60. The molecule has 0 aliphatic heterocycles. The molecule has 0 aliphatic rings. The maximum absolute atomic E-state index is 11.7. The van der Waals surface area contributed by atoms with Gasteiger partial charge in [-0.05, 0) is 13.1 Å². The van der Waals surface area contributed by atoms with Crippen molar-refractivity contribution in [1.29, 1.82) is 0 Å². The van der Waals surface area contributed by atoms with E-state index in [1.807, 2.05) is 60.7 Å². The molecule has 0 saturated heterocycles. The van der Waals surface area contributed by atoms with E-state index in [0.29, 0.717) is 0 Å². The summed E-state index contributed by atoms with van der Waals surface area (Å²) in [5.41, 5.74) is 0. The van der Waals surface area contributed by atoms with Gasteiger partial charge in [0.1, 0.15) is 0 Å². The monoisotopic (exact) mass is 374 g/mol. The molecular weight excluding hydrogens is 352 g/mol. The van der Waals surface area contributed by atoms with Gasteiger partial charge in [0.25, 0.3) is 11.9 Å². The summed E-state index contributed by atoms with van der Waals surface area (Å²) < 4.78 is 17.7. The Morgan fingerprint density at radius 3 is 1.28 bits per heavy atom. The number of carbonyl (C=O) groups excluding carboxylic acids is 2.